The molecule has 0 radical (unpaired) electrons. The van der Waals surface area contributed by atoms with Crippen molar-refractivity contribution in [3.05, 3.63) is 199 Å². The number of aromatic nitrogens is 3. The number of rotatable bonds is 6. The molecule has 11 rings (SSSR count). The van der Waals surface area contributed by atoms with Crippen LogP contribution in [-0.4, -0.2) is 15.0 Å². The van der Waals surface area contributed by atoms with E-state index < -0.39 is 0 Å². The fourth-order valence-corrected chi connectivity index (χ4v) is 11.0. The molecule has 2 aromatic heterocycles. The van der Waals surface area contributed by atoms with Gasteiger partial charge in [-0.05, 0) is 87.7 Å². The summed E-state index contributed by atoms with van der Waals surface area (Å²) in [6.07, 6.45) is 5.65. The summed E-state index contributed by atoms with van der Waals surface area (Å²) >= 11 is 4.49. The van der Waals surface area contributed by atoms with Gasteiger partial charge in [0.1, 0.15) is 0 Å². The zero-order chi connectivity index (χ0) is 38.8. The number of thiophene rings is 1. The Morgan fingerprint density at radius 2 is 1.09 bits per heavy atom. The van der Waals surface area contributed by atoms with Gasteiger partial charge in [-0.15, -0.1) is 11.3 Å². The van der Waals surface area contributed by atoms with E-state index in [9.17, 15) is 0 Å². The van der Waals surface area contributed by atoms with E-state index in [0.29, 0.717) is 23.4 Å². The van der Waals surface area contributed by atoms with Crippen molar-refractivity contribution in [1.82, 2.24) is 15.0 Å². The lowest BCUT2D eigenvalue weighted by Crippen LogP contribution is -2.21. The van der Waals surface area contributed by atoms with E-state index >= 15 is 0 Å². The molecule has 0 amide bonds. The smallest absolute Gasteiger partial charge is 0.164 e. The molecule has 0 N–H and O–H groups in total. The summed E-state index contributed by atoms with van der Waals surface area (Å²) in [6, 6.07) is 60.7. The van der Waals surface area contributed by atoms with E-state index in [2.05, 4.69) is 193 Å². The van der Waals surface area contributed by atoms with Gasteiger partial charge in [-0.3, -0.25) is 0 Å². The molecule has 0 aliphatic heterocycles. The van der Waals surface area contributed by atoms with Crippen molar-refractivity contribution in [2.24, 2.45) is 5.92 Å². The molecule has 0 saturated carbocycles. The molecule has 0 bridgehead atoms. The number of halogens is 1. The molecular formula is C53H36IN3S. The lowest BCUT2D eigenvalue weighted by atomic mass is 9.80. The van der Waals surface area contributed by atoms with Crippen molar-refractivity contribution in [1.29, 1.82) is 0 Å². The zero-order valence-corrected chi connectivity index (χ0v) is 34.7. The molecule has 2 aliphatic rings. The number of hydrogen-bond acceptors (Lipinski definition) is 4. The topological polar surface area (TPSA) is 38.7 Å². The Morgan fingerprint density at radius 1 is 0.500 bits per heavy atom. The summed E-state index contributed by atoms with van der Waals surface area (Å²) in [5.74, 6) is 2.42. The molecule has 5 heteroatoms. The minimum Gasteiger partial charge on any atom is -0.208 e. The summed E-state index contributed by atoms with van der Waals surface area (Å²) in [4.78, 5) is 15.6. The second-order valence-electron chi connectivity index (χ2n) is 15.4. The van der Waals surface area contributed by atoms with Crippen LogP contribution in [0.25, 0.3) is 87.7 Å². The zero-order valence-electron chi connectivity index (χ0n) is 31.7. The average Bonchev–Trinajstić information content (AvgIpc) is 3.78. The van der Waals surface area contributed by atoms with E-state index in [-0.39, 0.29) is 3.42 Å². The van der Waals surface area contributed by atoms with Gasteiger partial charge in [-0.2, -0.15) is 0 Å². The second kappa shape index (κ2) is 14.1. The van der Waals surface area contributed by atoms with Gasteiger partial charge in [0.15, 0.2) is 17.5 Å². The van der Waals surface area contributed by atoms with Crippen molar-refractivity contribution in [3.8, 4) is 56.4 Å². The van der Waals surface area contributed by atoms with Gasteiger partial charge in [0.2, 0.25) is 0 Å². The molecule has 2 heterocycles. The molecule has 2 atom stereocenters. The van der Waals surface area contributed by atoms with Crippen LogP contribution in [0.15, 0.2) is 182 Å². The van der Waals surface area contributed by atoms with Crippen LogP contribution in [0.3, 0.4) is 0 Å². The quantitative estimate of drug-likeness (QED) is 0.123. The van der Waals surface area contributed by atoms with Crippen LogP contribution in [0.1, 0.15) is 30.0 Å². The number of benzene rings is 7. The van der Waals surface area contributed by atoms with Gasteiger partial charge in [0.05, 0.1) is 3.42 Å². The number of fused-ring (bicyclic) bond motifs is 6. The van der Waals surface area contributed by atoms with E-state index in [1.807, 2.05) is 29.5 Å². The predicted octanol–water partition coefficient (Wildman–Crippen LogP) is 14.7. The highest BCUT2D eigenvalue weighted by atomic mass is 127. The third-order valence-corrected chi connectivity index (χ3v) is 14.4. The van der Waals surface area contributed by atoms with Crippen molar-refractivity contribution < 1.29 is 0 Å². The highest BCUT2D eigenvalue weighted by molar-refractivity contribution is 14.1. The first-order chi connectivity index (χ1) is 28.5. The SMILES string of the molecule is CC1(I)c2ccccc2C2=CC=C(c3cccc(-c4nc(-c5ccccc5)nc(-c5cccc6sc7ccc(-c8ccc(-c9ccccc9)cc8)cc7c56)n4)c3)CC21. The second-order valence-corrected chi connectivity index (χ2v) is 18.7. The van der Waals surface area contributed by atoms with Crippen LogP contribution in [-0.2, 0) is 3.42 Å². The Kier molecular flexibility index (Phi) is 8.56. The summed E-state index contributed by atoms with van der Waals surface area (Å²) in [5, 5.41) is 2.38. The molecule has 58 heavy (non-hydrogen) atoms. The highest BCUT2D eigenvalue weighted by Crippen LogP contribution is 2.58. The molecule has 2 unspecified atom stereocenters. The molecular weight excluding hydrogens is 838 g/mol. The molecule has 2 aliphatic carbocycles. The molecule has 9 aromatic rings. The normalized spacial score (nSPS) is 17.2. The number of allylic oxidation sites excluding steroid dienone is 4. The molecule has 0 saturated heterocycles. The minimum absolute atomic E-state index is 0.0333. The fraction of sp³-hybridized carbons (Fsp3) is 0.0755. The van der Waals surface area contributed by atoms with Crippen molar-refractivity contribution in [3.63, 3.8) is 0 Å². The third-order valence-electron chi connectivity index (χ3n) is 11.9. The number of hydrogen-bond donors (Lipinski definition) is 0. The lowest BCUT2D eigenvalue weighted by molar-refractivity contribution is 0.568. The Bertz CT molecular complexity index is 3110. The molecule has 0 fully saturated rings. The lowest BCUT2D eigenvalue weighted by Gasteiger charge is -2.30. The van der Waals surface area contributed by atoms with Crippen LogP contribution < -0.4 is 0 Å². The maximum atomic E-state index is 5.29. The Balaban J connectivity index is 1.01. The summed E-state index contributed by atoms with van der Waals surface area (Å²) in [7, 11) is 0. The van der Waals surface area contributed by atoms with Gasteiger partial charge >= 0.3 is 0 Å². The first-order valence-electron chi connectivity index (χ1n) is 19.7. The van der Waals surface area contributed by atoms with E-state index in [0.717, 1.165) is 23.1 Å². The monoisotopic (exact) mass is 873 g/mol. The minimum atomic E-state index is 0.0333. The first-order valence-corrected chi connectivity index (χ1v) is 21.6. The van der Waals surface area contributed by atoms with E-state index in [4.69, 9.17) is 15.0 Å². The average molecular weight is 874 g/mol. The third kappa shape index (κ3) is 6.03. The summed E-state index contributed by atoms with van der Waals surface area (Å²) in [6.45, 7) is 2.38. The van der Waals surface area contributed by atoms with Gasteiger partial charge in [-0.1, -0.05) is 180 Å². The predicted molar refractivity (Wildman–Crippen MR) is 252 cm³/mol. The largest absolute Gasteiger partial charge is 0.208 e. The van der Waals surface area contributed by atoms with Crippen molar-refractivity contribution in [2.45, 2.75) is 16.8 Å². The van der Waals surface area contributed by atoms with E-state index in [1.54, 1.807) is 0 Å². The standard InChI is InChI=1S/C53H36IN3S/c1-53(54)45-20-9-8-18-41(45)42-28-26-39(32-46(42)53)37-16-10-17-40(30-37)51-55-50(36-14-6-3-7-15-36)56-52(57-51)43-19-11-21-48-49(43)44-31-38(27-29-47(44)58-48)35-24-22-34(23-25-35)33-12-4-2-5-13-33/h2-31,46H,32H2,1H3. The molecule has 0 spiro atoms. The Hall–Kier alpha value is -6.02. The number of alkyl halides is 1. The summed E-state index contributed by atoms with van der Waals surface area (Å²) < 4.78 is 2.48. The molecule has 7 aromatic carbocycles. The number of nitrogens with zero attached hydrogens (tertiary/aromatic N) is 3. The summed E-state index contributed by atoms with van der Waals surface area (Å²) in [5.41, 5.74) is 14.6. The van der Waals surface area contributed by atoms with Crippen molar-refractivity contribution >= 4 is 65.2 Å². The van der Waals surface area contributed by atoms with Gasteiger partial charge in [0, 0.05) is 42.8 Å². The fourth-order valence-electron chi connectivity index (χ4n) is 8.91. The molecule has 276 valence electrons. The Morgan fingerprint density at radius 3 is 1.88 bits per heavy atom. The van der Waals surface area contributed by atoms with Gasteiger partial charge < -0.3 is 0 Å². The van der Waals surface area contributed by atoms with Crippen LogP contribution in [0.4, 0.5) is 0 Å². The maximum absolute atomic E-state index is 5.29. The van der Waals surface area contributed by atoms with Crippen molar-refractivity contribution in [2.75, 3.05) is 0 Å². The molecule has 3 nitrogen and oxygen atoms in total. The first kappa shape index (κ1) is 35.2. The highest BCUT2D eigenvalue weighted by Gasteiger charge is 2.45. The van der Waals surface area contributed by atoms with E-state index in [1.165, 1.54) is 70.3 Å². The van der Waals surface area contributed by atoms with Gasteiger partial charge in [0.25, 0.3) is 0 Å². The maximum Gasteiger partial charge on any atom is 0.164 e. The Labute approximate surface area is 355 Å². The van der Waals surface area contributed by atoms with Crippen LogP contribution >= 0.6 is 33.9 Å². The van der Waals surface area contributed by atoms with Crippen LogP contribution in [0.2, 0.25) is 0 Å². The van der Waals surface area contributed by atoms with Crippen LogP contribution in [0.5, 0.6) is 0 Å². The van der Waals surface area contributed by atoms with Gasteiger partial charge in [-0.25, -0.2) is 15.0 Å². The van der Waals surface area contributed by atoms with Crippen LogP contribution in [0, 0.1) is 5.92 Å².